The number of anilines is 1. The van der Waals surface area contributed by atoms with Gasteiger partial charge in [-0.25, -0.2) is 14.4 Å². The van der Waals surface area contributed by atoms with Gasteiger partial charge in [0.1, 0.15) is 0 Å². The first-order valence-corrected chi connectivity index (χ1v) is 8.49. The van der Waals surface area contributed by atoms with Gasteiger partial charge in [-0.2, -0.15) is 10.4 Å². The summed E-state index contributed by atoms with van der Waals surface area (Å²) in [5.41, 5.74) is 0.352. The molecule has 1 amide bonds. The van der Waals surface area contributed by atoms with E-state index in [1.807, 2.05) is 24.4 Å². The molecule has 8 nitrogen and oxygen atoms in total. The number of benzene rings is 1. The van der Waals surface area contributed by atoms with Crippen molar-refractivity contribution in [1.29, 1.82) is 5.26 Å². The summed E-state index contributed by atoms with van der Waals surface area (Å²) >= 11 is 0. The standard InChI is InChI=1S/C18H16FN7O/c19-18(5-2-6-26(10-18)11-20)16(27)24-17-21-7-13(8-22-17)14-4-1-3-12-9-23-25-15(12)14/h1,3-4,7-9H,2,5-6,10H2,(H,23,25)(H,21,22,24,27). The number of piperidine rings is 1. The van der Waals surface area contributed by atoms with Crippen molar-refractivity contribution in [3.8, 4) is 17.3 Å². The van der Waals surface area contributed by atoms with Crippen molar-refractivity contribution in [2.24, 2.45) is 0 Å². The van der Waals surface area contributed by atoms with Gasteiger partial charge < -0.3 is 4.90 Å². The van der Waals surface area contributed by atoms with Gasteiger partial charge in [-0.3, -0.25) is 15.2 Å². The van der Waals surface area contributed by atoms with Crippen LogP contribution in [0.1, 0.15) is 12.8 Å². The molecule has 0 spiro atoms. The largest absolute Gasteiger partial charge is 0.307 e. The molecule has 2 N–H and O–H groups in total. The number of halogens is 1. The summed E-state index contributed by atoms with van der Waals surface area (Å²) in [6, 6.07) is 5.75. The molecule has 3 aromatic rings. The molecule has 1 unspecified atom stereocenters. The molecule has 3 heterocycles. The number of rotatable bonds is 3. The number of nitrogens with one attached hydrogen (secondary N) is 2. The highest BCUT2D eigenvalue weighted by molar-refractivity contribution is 5.96. The maximum absolute atomic E-state index is 14.9. The minimum Gasteiger partial charge on any atom is -0.307 e. The fourth-order valence-corrected chi connectivity index (χ4v) is 3.24. The van der Waals surface area contributed by atoms with Crippen LogP contribution in [0.2, 0.25) is 0 Å². The highest BCUT2D eigenvalue weighted by atomic mass is 19.1. The average Bonchev–Trinajstić information content (AvgIpc) is 3.17. The minimum atomic E-state index is -2.13. The van der Waals surface area contributed by atoms with Gasteiger partial charge in [0, 0.05) is 35.5 Å². The Hall–Kier alpha value is -3.54. The summed E-state index contributed by atoms with van der Waals surface area (Å²) in [4.78, 5) is 21.8. The highest BCUT2D eigenvalue weighted by Crippen LogP contribution is 2.28. The third-order valence-electron chi connectivity index (χ3n) is 4.66. The molecule has 2 aromatic heterocycles. The highest BCUT2D eigenvalue weighted by Gasteiger charge is 2.43. The molecule has 0 aliphatic carbocycles. The summed E-state index contributed by atoms with van der Waals surface area (Å²) in [5.74, 6) is -0.808. The number of aromatic nitrogens is 4. The van der Waals surface area contributed by atoms with E-state index >= 15 is 0 Å². The monoisotopic (exact) mass is 365 g/mol. The van der Waals surface area contributed by atoms with Crippen LogP contribution in [0, 0.1) is 11.5 Å². The van der Waals surface area contributed by atoms with E-state index in [0.29, 0.717) is 13.0 Å². The lowest BCUT2D eigenvalue weighted by Crippen LogP contribution is -2.51. The number of H-pyrrole nitrogens is 1. The Kier molecular flexibility index (Phi) is 4.16. The molecule has 1 atom stereocenters. The van der Waals surface area contributed by atoms with Gasteiger partial charge in [-0.15, -0.1) is 0 Å². The van der Waals surface area contributed by atoms with E-state index in [-0.39, 0.29) is 18.9 Å². The number of aromatic amines is 1. The summed E-state index contributed by atoms with van der Waals surface area (Å²) in [6.45, 7) is 0.203. The number of para-hydroxylation sites is 1. The molecule has 1 saturated heterocycles. The predicted octanol–water partition coefficient (Wildman–Crippen LogP) is 2.24. The number of hydrogen-bond acceptors (Lipinski definition) is 6. The van der Waals surface area contributed by atoms with E-state index < -0.39 is 11.6 Å². The Morgan fingerprint density at radius 3 is 2.93 bits per heavy atom. The van der Waals surface area contributed by atoms with Crippen molar-refractivity contribution >= 4 is 22.8 Å². The second-order valence-electron chi connectivity index (χ2n) is 6.48. The lowest BCUT2D eigenvalue weighted by atomic mass is 9.94. The molecule has 0 bridgehead atoms. The molecule has 1 fully saturated rings. The number of nitriles is 1. The van der Waals surface area contributed by atoms with Crippen LogP contribution in [0.4, 0.5) is 10.3 Å². The van der Waals surface area contributed by atoms with Gasteiger partial charge >= 0.3 is 0 Å². The Morgan fingerprint density at radius 1 is 1.33 bits per heavy atom. The van der Waals surface area contributed by atoms with Gasteiger partial charge in [0.25, 0.3) is 5.91 Å². The molecule has 1 aliphatic heterocycles. The third kappa shape index (κ3) is 3.17. The Morgan fingerprint density at radius 2 is 2.15 bits per heavy atom. The number of likely N-dealkylation sites (tertiary alicyclic amines) is 1. The molecule has 0 radical (unpaired) electrons. The molecule has 0 saturated carbocycles. The number of nitrogens with zero attached hydrogens (tertiary/aromatic N) is 5. The van der Waals surface area contributed by atoms with E-state index in [4.69, 9.17) is 5.26 Å². The third-order valence-corrected chi connectivity index (χ3v) is 4.66. The topological polar surface area (TPSA) is 111 Å². The van der Waals surface area contributed by atoms with Crippen LogP contribution in [0.3, 0.4) is 0 Å². The average molecular weight is 365 g/mol. The number of alkyl halides is 1. The fraction of sp³-hybridized carbons (Fsp3) is 0.278. The van der Waals surface area contributed by atoms with Crippen LogP contribution in [-0.2, 0) is 4.79 Å². The van der Waals surface area contributed by atoms with Gasteiger partial charge in [0.15, 0.2) is 6.19 Å². The van der Waals surface area contributed by atoms with Crippen molar-refractivity contribution in [3.63, 3.8) is 0 Å². The van der Waals surface area contributed by atoms with Crippen LogP contribution < -0.4 is 5.32 Å². The Balaban J connectivity index is 1.52. The Bertz CT molecular complexity index is 1030. The lowest BCUT2D eigenvalue weighted by molar-refractivity contribution is -0.130. The first-order valence-electron chi connectivity index (χ1n) is 8.49. The number of amides is 1. The van der Waals surface area contributed by atoms with Gasteiger partial charge in [0.2, 0.25) is 11.6 Å². The Labute approximate surface area is 154 Å². The predicted molar refractivity (Wildman–Crippen MR) is 96.0 cm³/mol. The SMILES string of the molecule is N#CN1CCCC(F)(C(=O)Nc2ncc(-c3cccc4cn[nH]c34)cn2)C1. The van der Waals surface area contributed by atoms with Crippen LogP contribution in [-0.4, -0.2) is 49.7 Å². The van der Waals surface area contributed by atoms with E-state index in [1.165, 1.54) is 4.90 Å². The second-order valence-corrected chi connectivity index (χ2v) is 6.48. The second kappa shape index (κ2) is 6.64. The summed E-state index contributed by atoms with van der Waals surface area (Å²) in [6.07, 6.45) is 7.24. The van der Waals surface area contributed by atoms with Gasteiger partial charge in [0.05, 0.1) is 18.3 Å². The zero-order valence-corrected chi connectivity index (χ0v) is 14.3. The number of carbonyl (C=O) groups is 1. The first-order chi connectivity index (χ1) is 13.1. The van der Waals surface area contributed by atoms with E-state index in [9.17, 15) is 9.18 Å². The lowest BCUT2D eigenvalue weighted by Gasteiger charge is -2.32. The summed E-state index contributed by atoms with van der Waals surface area (Å²) < 4.78 is 14.9. The zero-order chi connectivity index (χ0) is 18.9. The molecule has 27 heavy (non-hydrogen) atoms. The van der Waals surface area contributed by atoms with Gasteiger partial charge in [-0.1, -0.05) is 18.2 Å². The van der Waals surface area contributed by atoms with Crippen LogP contribution >= 0.6 is 0 Å². The number of hydrogen-bond donors (Lipinski definition) is 2. The molecular weight excluding hydrogens is 349 g/mol. The molecule has 1 aromatic carbocycles. The first kappa shape index (κ1) is 16.9. The van der Waals surface area contributed by atoms with E-state index in [1.54, 1.807) is 18.6 Å². The number of carbonyl (C=O) groups excluding carboxylic acids is 1. The van der Waals surface area contributed by atoms with Crippen molar-refractivity contribution in [3.05, 3.63) is 36.8 Å². The fourth-order valence-electron chi connectivity index (χ4n) is 3.24. The van der Waals surface area contributed by atoms with Crippen LogP contribution in [0.15, 0.2) is 36.8 Å². The minimum absolute atomic E-state index is 0.0200. The van der Waals surface area contributed by atoms with Crippen molar-refractivity contribution in [1.82, 2.24) is 25.1 Å². The summed E-state index contributed by atoms with van der Waals surface area (Å²) in [5, 5.41) is 19.3. The molecule has 9 heteroatoms. The van der Waals surface area contributed by atoms with Crippen molar-refractivity contribution in [2.75, 3.05) is 18.4 Å². The normalized spacial score (nSPS) is 19.6. The van der Waals surface area contributed by atoms with E-state index in [2.05, 4.69) is 25.5 Å². The van der Waals surface area contributed by atoms with Crippen LogP contribution in [0.5, 0.6) is 0 Å². The number of fused-ring (bicyclic) bond motifs is 1. The maximum Gasteiger partial charge on any atom is 0.266 e. The summed E-state index contributed by atoms with van der Waals surface area (Å²) in [7, 11) is 0. The van der Waals surface area contributed by atoms with Gasteiger partial charge in [-0.05, 0) is 12.8 Å². The molecule has 1 aliphatic rings. The zero-order valence-electron chi connectivity index (χ0n) is 14.3. The maximum atomic E-state index is 14.9. The molecule has 4 rings (SSSR count). The molecular formula is C18H16FN7O. The van der Waals surface area contributed by atoms with Crippen molar-refractivity contribution in [2.45, 2.75) is 18.5 Å². The quantitative estimate of drug-likeness (QED) is 0.689. The van der Waals surface area contributed by atoms with Crippen LogP contribution in [0.25, 0.3) is 22.0 Å². The smallest absolute Gasteiger partial charge is 0.266 e. The van der Waals surface area contributed by atoms with E-state index in [0.717, 1.165) is 22.0 Å². The molecule has 136 valence electrons. The van der Waals surface area contributed by atoms with Crippen molar-refractivity contribution < 1.29 is 9.18 Å².